The summed E-state index contributed by atoms with van der Waals surface area (Å²) in [6.45, 7) is 14.7. The summed E-state index contributed by atoms with van der Waals surface area (Å²) >= 11 is 0. The van der Waals surface area contributed by atoms with Crippen molar-refractivity contribution in [1.29, 1.82) is 0 Å². The van der Waals surface area contributed by atoms with Crippen LogP contribution in [0.1, 0.15) is 330 Å². The molecule has 0 heterocycles. The van der Waals surface area contributed by atoms with Crippen molar-refractivity contribution in [2.75, 3.05) is 79.3 Å². The topological polar surface area (TPSA) is 299 Å². The van der Waals surface area contributed by atoms with E-state index in [2.05, 4.69) is 87.1 Å². The molecule has 604 valence electrons. The molecule has 0 saturated carbocycles. The van der Waals surface area contributed by atoms with Gasteiger partial charge >= 0.3 is 27.1 Å². The summed E-state index contributed by atoms with van der Waals surface area (Å²) in [4.78, 5) is 79.2. The molecule has 0 aromatic carbocycles. The first-order valence-electron chi connectivity index (χ1n) is 40.8. The minimum absolute atomic E-state index is 0.0240. The van der Waals surface area contributed by atoms with Crippen LogP contribution in [0.4, 0.5) is 0 Å². The van der Waals surface area contributed by atoms with E-state index in [-0.39, 0.29) is 104 Å². The van der Waals surface area contributed by atoms with Crippen molar-refractivity contribution in [2.24, 2.45) is 0 Å². The second-order valence-electron chi connectivity index (χ2n) is 28.1. The summed E-state index contributed by atoms with van der Waals surface area (Å²) in [7, 11) is -7.57. The molecular weight excluding hydrogens is 1350 g/mol. The van der Waals surface area contributed by atoms with Gasteiger partial charge in [-0.15, -0.1) is 0 Å². The molecule has 8 atom stereocenters. The number of allylic oxidation sites excluding steroid dienone is 4. The Balaban J connectivity index is 5.62. The Morgan fingerprint density at radius 1 is 0.359 bits per heavy atom. The standard InChI is InChI=1S/C79H150N4O18P2/c1-9-15-21-27-29-31-33-39-45-51-78(90)100-72(49-43-37-25-19-13-5)61-76(88)82-68(64-94-57-53-70(84)47-41-35-23-17-11-3)66-98-102(7,92)96-59-55-80-74(86)63-75(87)81-56-60-97-103(8,93)99-67-69(65-95-58-54-71(85)48-42-36-24-18-12-4)83-77(89)62-73(50-44-38-26-20-14-6)101-79(91)52-46-40-34-32-30-28-22-16-10-2/h31-34,68-73,84-85H,9-30,35-67H2,1-8H3,(H,80,86)(H,81,87)(H,82,88)(H,83,89)/b33-31-,34-32-/t68?,69?,70?,71?,72-,73-,102?,103?/m1/s1. The minimum atomic E-state index is -3.79. The molecule has 4 amide bonds. The van der Waals surface area contributed by atoms with Gasteiger partial charge in [0.15, 0.2) is 0 Å². The molecule has 6 unspecified atom stereocenters. The Hall–Kier alpha value is -3.56. The molecule has 0 aromatic rings. The first-order chi connectivity index (χ1) is 49.7. The Labute approximate surface area is 624 Å². The first kappa shape index (κ1) is 99.4. The van der Waals surface area contributed by atoms with Crippen molar-refractivity contribution in [3.63, 3.8) is 0 Å². The van der Waals surface area contributed by atoms with Gasteiger partial charge in [0, 0.05) is 52.5 Å². The zero-order valence-electron chi connectivity index (χ0n) is 66.0. The summed E-state index contributed by atoms with van der Waals surface area (Å²) in [5.74, 6) is -2.78. The third-order valence-electron chi connectivity index (χ3n) is 17.6. The van der Waals surface area contributed by atoms with Crippen molar-refractivity contribution in [3.8, 4) is 0 Å². The molecule has 0 aliphatic heterocycles. The molecule has 24 heteroatoms. The zero-order chi connectivity index (χ0) is 76.1. The highest BCUT2D eigenvalue weighted by molar-refractivity contribution is 7.53. The van der Waals surface area contributed by atoms with Crippen LogP contribution in [0.2, 0.25) is 0 Å². The fourth-order valence-electron chi connectivity index (χ4n) is 11.4. The third-order valence-corrected chi connectivity index (χ3v) is 20.2. The Bertz CT molecular complexity index is 2100. The van der Waals surface area contributed by atoms with Crippen molar-refractivity contribution < 1.29 is 85.2 Å². The maximum atomic E-state index is 13.7. The monoisotopic (exact) mass is 1510 g/mol. The fraction of sp³-hybridized carbons (Fsp3) is 0.873. The minimum Gasteiger partial charge on any atom is -0.462 e. The van der Waals surface area contributed by atoms with Gasteiger partial charge in [0.25, 0.3) is 0 Å². The van der Waals surface area contributed by atoms with Gasteiger partial charge in [-0.25, -0.2) is 0 Å². The number of hydrogen-bond acceptors (Lipinski definition) is 18. The van der Waals surface area contributed by atoms with E-state index in [1.807, 2.05) is 0 Å². The van der Waals surface area contributed by atoms with Crippen LogP contribution in [0.3, 0.4) is 0 Å². The zero-order valence-corrected chi connectivity index (χ0v) is 67.8. The lowest BCUT2D eigenvalue weighted by Gasteiger charge is -2.23. The van der Waals surface area contributed by atoms with Crippen LogP contribution < -0.4 is 21.3 Å². The van der Waals surface area contributed by atoms with E-state index in [9.17, 15) is 48.1 Å². The maximum absolute atomic E-state index is 13.7. The van der Waals surface area contributed by atoms with Gasteiger partial charge in [0.1, 0.15) is 18.6 Å². The van der Waals surface area contributed by atoms with Crippen molar-refractivity contribution >= 4 is 50.8 Å². The summed E-state index contributed by atoms with van der Waals surface area (Å²) in [5.41, 5.74) is 0. The number of rotatable bonds is 76. The average Bonchev–Trinajstić information content (AvgIpc) is 0.922. The van der Waals surface area contributed by atoms with Crippen molar-refractivity contribution in [3.05, 3.63) is 24.3 Å². The smallest absolute Gasteiger partial charge is 0.327 e. The number of aliphatic hydroxyl groups is 2. The van der Waals surface area contributed by atoms with Crippen LogP contribution in [-0.2, 0) is 74.9 Å². The van der Waals surface area contributed by atoms with E-state index in [0.29, 0.717) is 51.4 Å². The lowest BCUT2D eigenvalue weighted by atomic mass is 10.1. The summed E-state index contributed by atoms with van der Waals surface area (Å²) < 4.78 is 73.5. The van der Waals surface area contributed by atoms with Crippen LogP contribution in [0.15, 0.2) is 24.3 Å². The largest absolute Gasteiger partial charge is 0.462 e. The van der Waals surface area contributed by atoms with E-state index >= 15 is 0 Å². The molecule has 0 aromatic heterocycles. The Morgan fingerprint density at radius 3 is 1.01 bits per heavy atom. The number of aliphatic hydroxyl groups excluding tert-OH is 2. The van der Waals surface area contributed by atoms with Gasteiger partial charge < -0.3 is 68.5 Å². The summed E-state index contributed by atoms with van der Waals surface area (Å²) in [6.07, 6.45) is 44.4. The fourth-order valence-corrected chi connectivity index (χ4v) is 13.3. The molecule has 0 bridgehead atoms. The van der Waals surface area contributed by atoms with E-state index in [1.54, 1.807) is 0 Å². The molecule has 0 spiro atoms. The van der Waals surface area contributed by atoms with Crippen molar-refractivity contribution in [2.45, 2.75) is 367 Å². The predicted octanol–water partition coefficient (Wildman–Crippen LogP) is 17.3. The average molecular weight is 1510 g/mol. The molecule has 0 fully saturated rings. The number of esters is 2. The van der Waals surface area contributed by atoms with Gasteiger partial charge in [0.05, 0.1) is 76.8 Å². The van der Waals surface area contributed by atoms with Crippen LogP contribution in [0.25, 0.3) is 0 Å². The Kier molecular flexibility index (Phi) is 67.7. The van der Waals surface area contributed by atoms with Gasteiger partial charge in [-0.3, -0.25) is 37.9 Å². The lowest BCUT2D eigenvalue weighted by Crippen LogP contribution is -2.43. The molecule has 6 N–H and O–H groups in total. The molecule has 0 rings (SSSR count). The highest BCUT2D eigenvalue weighted by Crippen LogP contribution is 2.44. The van der Waals surface area contributed by atoms with Crippen LogP contribution >= 0.6 is 15.2 Å². The van der Waals surface area contributed by atoms with Crippen molar-refractivity contribution in [1.82, 2.24) is 21.3 Å². The van der Waals surface area contributed by atoms with Crippen LogP contribution in [0, 0.1) is 0 Å². The first-order valence-corrected chi connectivity index (χ1v) is 44.7. The summed E-state index contributed by atoms with van der Waals surface area (Å²) in [5, 5.41) is 32.2. The number of carbonyl (C=O) groups excluding carboxylic acids is 6. The number of hydrogen-bond donors (Lipinski definition) is 6. The van der Waals surface area contributed by atoms with E-state index in [0.717, 1.165) is 167 Å². The SMILES string of the molecule is CCCCCC/C=C\CCCC(=O)O[C@H](CCCCCCC)CC(=O)NC(COCCC(O)CCCCCCC)COP(C)(=O)OCCNC(=O)CC(=O)NCCOP(C)(=O)OCC(COCCC(O)CCCCCCC)NC(=O)C[C@@H](CCCCCCC)OC(=O)CCC/C=C\CCCCCC. The van der Waals surface area contributed by atoms with E-state index in [4.69, 9.17) is 37.0 Å². The quantitative estimate of drug-likeness (QED) is 0.0108. The predicted molar refractivity (Wildman–Crippen MR) is 414 cm³/mol. The van der Waals surface area contributed by atoms with Crippen LogP contribution in [0.5, 0.6) is 0 Å². The Morgan fingerprint density at radius 2 is 0.670 bits per heavy atom. The molecule has 22 nitrogen and oxygen atoms in total. The normalized spacial score (nSPS) is 14.7. The van der Waals surface area contributed by atoms with Crippen LogP contribution in [-0.4, -0.2) is 162 Å². The van der Waals surface area contributed by atoms with Gasteiger partial charge in [0.2, 0.25) is 23.6 Å². The lowest BCUT2D eigenvalue weighted by molar-refractivity contribution is -0.152. The molecular formula is C79H150N4O18P2. The number of unbranched alkanes of at least 4 members (excludes halogenated alkanes) is 26. The van der Waals surface area contributed by atoms with Gasteiger partial charge in [-0.05, 0) is 103 Å². The number of ether oxygens (including phenoxy) is 4. The highest BCUT2D eigenvalue weighted by Gasteiger charge is 2.27. The molecule has 0 radical (unpaired) electrons. The second kappa shape index (κ2) is 70.1. The maximum Gasteiger partial charge on any atom is 0.327 e. The number of nitrogens with one attached hydrogen (secondary N) is 4. The molecule has 0 saturated heterocycles. The molecule has 0 aliphatic rings. The number of carbonyl (C=O) groups is 6. The van der Waals surface area contributed by atoms with E-state index < -0.39 is 81.7 Å². The summed E-state index contributed by atoms with van der Waals surface area (Å²) in [6, 6.07) is -1.57. The van der Waals surface area contributed by atoms with Gasteiger partial charge in [-0.1, -0.05) is 220 Å². The second-order valence-corrected chi connectivity index (χ2v) is 32.2. The van der Waals surface area contributed by atoms with Gasteiger partial charge in [-0.2, -0.15) is 0 Å². The highest BCUT2D eigenvalue weighted by atomic mass is 31.2. The molecule has 0 aliphatic carbocycles. The third kappa shape index (κ3) is 67.5. The molecule has 103 heavy (non-hydrogen) atoms. The number of amides is 4. The van der Waals surface area contributed by atoms with E-state index in [1.165, 1.54) is 51.9 Å².